The molecule has 2 aromatic carbocycles. The van der Waals surface area contributed by atoms with Gasteiger partial charge in [-0.1, -0.05) is 50.7 Å². The highest BCUT2D eigenvalue weighted by molar-refractivity contribution is 9.10. The van der Waals surface area contributed by atoms with Crippen LogP contribution in [0.4, 0.5) is 5.69 Å². The van der Waals surface area contributed by atoms with Crippen LogP contribution in [0.25, 0.3) is 0 Å². The lowest BCUT2D eigenvalue weighted by atomic mass is 10.2. The molecule has 0 saturated carbocycles. The quantitative estimate of drug-likeness (QED) is 0.645. The minimum atomic E-state index is -0.850. The smallest absolute Gasteiger partial charge is 0.342 e. The summed E-state index contributed by atoms with van der Waals surface area (Å²) < 4.78 is 5.44. The van der Waals surface area contributed by atoms with Gasteiger partial charge in [0.1, 0.15) is 11.3 Å². The van der Waals surface area contributed by atoms with E-state index in [1.807, 2.05) is 0 Å². The summed E-state index contributed by atoms with van der Waals surface area (Å²) in [7, 11) is 0. The Hall–Kier alpha value is -1.47. The van der Waals surface area contributed by atoms with Gasteiger partial charge in [-0.15, -0.1) is 0 Å². The molecule has 0 aliphatic heterocycles. The molecule has 0 unspecified atom stereocenters. The number of anilines is 1. The summed E-state index contributed by atoms with van der Waals surface area (Å²) in [6, 6.07) is 7.09. The maximum Gasteiger partial charge on any atom is 0.342 e. The summed E-state index contributed by atoms with van der Waals surface area (Å²) in [5.74, 6) is -1.76. The van der Waals surface area contributed by atoms with Gasteiger partial charge in [0.15, 0.2) is 6.61 Å². The Balaban J connectivity index is 2.01. The van der Waals surface area contributed by atoms with Gasteiger partial charge in [-0.05, 0) is 30.3 Å². The van der Waals surface area contributed by atoms with Crippen molar-refractivity contribution < 1.29 is 19.4 Å². The molecule has 2 rings (SSSR count). The Labute approximate surface area is 160 Å². The third-order valence-corrected chi connectivity index (χ3v) is 4.09. The van der Waals surface area contributed by atoms with E-state index in [1.165, 1.54) is 24.3 Å². The molecule has 0 saturated heterocycles. The second-order valence-electron chi connectivity index (χ2n) is 4.53. The van der Waals surface area contributed by atoms with Crippen molar-refractivity contribution in [1.82, 2.24) is 0 Å². The largest absolute Gasteiger partial charge is 0.507 e. The third-order valence-electron chi connectivity index (χ3n) is 2.78. The van der Waals surface area contributed by atoms with Crippen molar-refractivity contribution in [2.24, 2.45) is 0 Å². The number of carbonyl (C=O) groups is 2. The first-order chi connectivity index (χ1) is 11.3. The average Bonchev–Trinajstić information content (AvgIpc) is 2.50. The molecule has 0 fully saturated rings. The van der Waals surface area contributed by atoms with Gasteiger partial charge in [0.05, 0.1) is 15.7 Å². The molecule has 0 aromatic heterocycles. The van der Waals surface area contributed by atoms with Crippen molar-refractivity contribution in [3.8, 4) is 5.75 Å². The predicted molar refractivity (Wildman–Crippen MR) is 96.2 cm³/mol. The van der Waals surface area contributed by atoms with Crippen LogP contribution in [0, 0.1) is 0 Å². The molecule has 0 aliphatic carbocycles. The summed E-state index contributed by atoms with van der Waals surface area (Å²) in [6.07, 6.45) is 0. The molecule has 0 bridgehead atoms. The number of carbonyl (C=O) groups excluding carboxylic acids is 2. The van der Waals surface area contributed by atoms with E-state index in [9.17, 15) is 14.7 Å². The first-order valence-corrected chi connectivity index (χ1v) is 8.30. The number of ether oxygens (including phenoxy) is 1. The van der Waals surface area contributed by atoms with Crippen LogP contribution < -0.4 is 5.32 Å². The molecule has 2 N–H and O–H groups in total. The molecule has 2 aromatic rings. The van der Waals surface area contributed by atoms with E-state index in [2.05, 4.69) is 21.2 Å². The zero-order valence-corrected chi connectivity index (χ0v) is 15.6. The Morgan fingerprint density at radius 1 is 1.12 bits per heavy atom. The van der Waals surface area contributed by atoms with E-state index in [-0.39, 0.29) is 27.0 Å². The lowest BCUT2D eigenvalue weighted by Gasteiger charge is -2.10. The van der Waals surface area contributed by atoms with Crippen molar-refractivity contribution in [3.63, 3.8) is 0 Å². The average molecular weight is 454 g/mol. The number of nitrogens with one attached hydrogen (secondary N) is 1. The Kier molecular flexibility index (Phi) is 6.34. The van der Waals surface area contributed by atoms with Crippen LogP contribution in [0.5, 0.6) is 5.75 Å². The summed E-state index contributed by atoms with van der Waals surface area (Å²) in [5, 5.41) is 12.7. The van der Waals surface area contributed by atoms with Gasteiger partial charge in [-0.25, -0.2) is 4.79 Å². The molecule has 0 aliphatic rings. The topological polar surface area (TPSA) is 75.6 Å². The van der Waals surface area contributed by atoms with Crippen molar-refractivity contribution in [2.75, 3.05) is 11.9 Å². The molecule has 9 heteroatoms. The van der Waals surface area contributed by atoms with Gasteiger partial charge in [-0.3, -0.25) is 4.79 Å². The molecule has 0 heterocycles. The lowest BCUT2D eigenvalue weighted by Crippen LogP contribution is -2.21. The molecule has 24 heavy (non-hydrogen) atoms. The van der Waals surface area contributed by atoms with Gasteiger partial charge in [-0.2, -0.15) is 0 Å². The predicted octanol–water partition coefficient (Wildman–Crippen LogP) is 4.91. The number of halogens is 4. The van der Waals surface area contributed by atoms with Gasteiger partial charge < -0.3 is 15.2 Å². The Morgan fingerprint density at radius 3 is 2.38 bits per heavy atom. The Bertz CT molecular complexity index is 790. The summed E-state index contributed by atoms with van der Waals surface area (Å²) >= 11 is 20.8. The van der Waals surface area contributed by atoms with E-state index in [4.69, 9.17) is 39.5 Å². The van der Waals surface area contributed by atoms with Gasteiger partial charge in [0.2, 0.25) is 0 Å². The molecule has 0 atom stereocenters. The molecular weight excluding hydrogens is 444 g/mol. The number of aromatic hydroxyl groups is 1. The molecule has 126 valence electrons. The number of phenolic OH excluding ortho intramolecular Hbond substituents is 1. The van der Waals surface area contributed by atoms with Gasteiger partial charge >= 0.3 is 5.97 Å². The number of phenols is 1. The van der Waals surface area contributed by atoms with Crippen LogP contribution in [0.15, 0.2) is 34.8 Å². The van der Waals surface area contributed by atoms with Crippen molar-refractivity contribution in [1.29, 1.82) is 0 Å². The normalized spacial score (nSPS) is 10.3. The number of hydrogen-bond donors (Lipinski definition) is 2. The molecule has 0 radical (unpaired) electrons. The van der Waals surface area contributed by atoms with Gasteiger partial charge in [0.25, 0.3) is 5.91 Å². The van der Waals surface area contributed by atoms with Crippen LogP contribution >= 0.6 is 50.7 Å². The zero-order valence-electron chi connectivity index (χ0n) is 11.8. The highest BCUT2D eigenvalue weighted by atomic mass is 79.9. The maximum absolute atomic E-state index is 11.9. The number of rotatable bonds is 4. The van der Waals surface area contributed by atoms with E-state index in [0.29, 0.717) is 9.50 Å². The second-order valence-corrected chi connectivity index (χ2v) is 6.70. The van der Waals surface area contributed by atoms with Crippen LogP contribution in [-0.2, 0) is 9.53 Å². The fourth-order valence-corrected chi connectivity index (χ4v) is 2.99. The van der Waals surface area contributed by atoms with Crippen molar-refractivity contribution in [3.05, 3.63) is 55.4 Å². The lowest BCUT2D eigenvalue weighted by molar-refractivity contribution is -0.119. The fraction of sp³-hybridized carbons (Fsp3) is 0.0667. The highest BCUT2D eigenvalue weighted by Crippen LogP contribution is 2.33. The number of benzene rings is 2. The molecule has 0 spiro atoms. The molecule has 5 nitrogen and oxygen atoms in total. The third kappa shape index (κ3) is 4.77. The summed E-state index contributed by atoms with van der Waals surface area (Å²) in [5.41, 5.74) is 0.0915. The summed E-state index contributed by atoms with van der Waals surface area (Å²) in [6.45, 7) is -0.583. The van der Waals surface area contributed by atoms with E-state index in [1.54, 1.807) is 6.07 Å². The summed E-state index contributed by atoms with van der Waals surface area (Å²) in [4.78, 5) is 23.8. The zero-order chi connectivity index (χ0) is 17.9. The first kappa shape index (κ1) is 18.9. The van der Waals surface area contributed by atoms with Crippen molar-refractivity contribution >= 4 is 68.3 Å². The monoisotopic (exact) mass is 451 g/mol. The standard InChI is InChI=1S/C15H9BrCl3NO4/c16-7-1-2-12(21)9(3-7)15(23)24-6-13(22)20-14-10(18)4-8(17)5-11(14)19/h1-5,21H,6H2,(H,20,22). The van der Waals surface area contributed by atoms with E-state index >= 15 is 0 Å². The van der Waals surface area contributed by atoms with E-state index in [0.717, 1.165) is 0 Å². The highest BCUT2D eigenvalue weighted by Gasteiger charge is 2.16. The van der Waals surface area contributed by atoms with Crippen LogP contribution in [0.1, 0.15) is 10.4 Å². The second kappa shape index (κ2) is 8.07. The number of hydrogen-bond acceptors (Lipinski definition) is 4. The Morgan fingerprint density at radius 2 is 1.75 bits per heavy atom. The van der Waals surface area contributed by atoms with E-state index < -0.39 is 18.5 Å². The number of esters is 1. The molecule has 1 amide bonds. The van der Waals surface area contributed by atoms with Crippen LogP contribution in [0.2, 0.25) is 15.1 Å². The minimum Gasteiger partial charge on any atom is -0.507 e. The minimum absolute atomic E-state index is 0.0697. The van der Waals surface area contributed by atoms with Gasteiger partial charge in [0, 0.05) is 9.50 Å². The maximum atomic E-state index is 11.9. The van der Waals surface area contributed by atoms with Crippen LogP contribution in [-0.4, -0.2) is 23.6 Å². The SMILES string of the molecule is O=C(COC(=O)c1cc(Br)ccc1O)Nc1c(Cl)cc(Cl)cc1Cl. The first-order valence-electron chi connectivity index (χ1n) is 6.38. The van der Waals surface area contributed by atoms with Crippen molar-refractivity contribution in [2.45, 2.75) is 0 Å². The van der Waals surface area contributed by atoms with Crippen LogP contribution in [0.3, 0.4) is 0 Å². The fourth-order valence-electron chi connectivity index (χ4n) is 1.72. The number of amides is 1. The molecular formula is C15H9BrCl3NO4.